The number of ether oxygens (including phenoxy) is 3. The molecule has 0 fully saturated rings. The lowest BCUT2D eigenvalue weighted by Gasteiger charge is -2.24. The van der Waals surface area contributed by atoms with Gasteiger partial charge in [-0.15, -0.1) is 0 Å². The average molecular weight is 700 g/mol. The number of fused-ring (bicyclic) bond motifs is 1. The predicted molar refractivity (Wildman–Crippen MR) is 192 cm³/mol. The number of carboxylic acids is 1. The Kier molecular flexibility index (Phi) is 10.1. The van der Waals surface area contributed by atoms with Crippen molar-refractivity contribution in [1.29, 1.82) is 0 Å². The van der Waals surface area contributed by atoms with Crippen LogP contribution in [0.2, 0.25) is 0 Å². The van der Waals surface area contributed by atoms with Crippen molar-refractivity contribution >= 4 is 49.9 Å². The van der Waals surface area contributed by atoms with Gasteiger partial charge in [-0.2, -0.15) is 4.98 Å². The van der Waals surface area contributed by atoms with Crippen molar-refractivity contribution in [3.63, 3.8) is 0 Å². The highest BCUT2D eigenvalue weighted by Crippen LogP contribution is 2.40. The summed E-state index contributed by atoms with van der Waals surface area (Å²) in [4.78, 5) is 33.7. The smallest absolute Gasteiger partial charge is 0.339 e. The summed E-state index contributed by atoms with van der Waals surface area (Å²) in [5.74, 6) is 0.540. The van der Waals surface area contributed by atoms with Crippen LogP contribution in [0.4, 0.5) is 21.9 Å². The molecule has 0 bridgehead atoms. The van der Waals surface area contributed by atoms with Gasteiger partial charge in [0.2, 0.25) is 15.9 Å². The maximum absolute atomic E-state index is 13.4. The van der Waals surface area contributed by atoms with Crippen LogP contribution in [0.3, 0.4) is 0 Å². The van der Waals surface area contributed by atoms with Crippen molar-refractivity contribution in [3.8, 4) is 23.1 Å². The lowest BCUT2D eigenvalue weighted by molar-refractivity contribution is 0.0693. The quantitative estimate of drug-likeness (QED) is 0.112. The molecular formula is C36H37N5O8S. The summed E-state index contributed by atoms with van der Waals surface area (Å²) in [6.07, 6.45) is 2.92. The van der Waals surface area contributed by atoms with Gasteiger partial charge >= 0.3 is 12.0 Å². The molecule has 0 aliphatic carbocycles. The Morgan fingerprint density at radius 3 is 2.20 bits per heavy atom. The minimum atomic E-state index is -3.64. The zero-order valence-electron chi connectivity index (χ0n) is 28.3. The molecule has 50 heavy (non-hydrogen) atoms. The number of nitrogens with one attached hydrogen (secondary N) is 3. The molecule has 5 aromatic rings. The first kappa shape index (κ1) is 35.4. The number of methoxy groups -OCH3 is 2. The fourth-order valence-electron chi connectivity index (χ4n) is 5.24. The molecule has 0 spiro atoms. The van der Waals surface area contributed by atoms with Gasteiger partial charge in [0.1, 0.15) is 22.9 Å². The predicted octanol–water partition coefficient (Wildman–Crippen LogP) is 7.04. The normalized spacial score (nSPS) is 11.5. The molecule has 260 valence electrons. The fraction of sp³-hybridized carbons (Fsp3) is 0.222. The van der Waals surface area contributed by atoms with Crippen molar-refractivity contribution in [2.75, 3.05) is 35.8 Å². The Morgan fingerprint density at radius 2 is 1.54 bits per heavy atom. The summed E-state index contributed by atoms with van der Waals surface area (Å²) in [6, 6.07) is 20.1. The molecule has 1 aromatic heterocycles. The third kappa shape index (κ3) is 8.39. The first-order valence-electron chi connectivity index (χ1n) is 15.3. The summed E-state index contributed by atoms with van der Waals surface area (Å²) in [5.41, 5.74) is 2.20. The molecule has 0 aliphatic rings. The largest absolute Gasteiger partial charge is 0.496 e. The van der Waals surface area contributed by atoms with Crippen LogP contribution in [-0.2, 0) is 21.9 Å². The molecule has 4 N–H and O–H groups in total. The lowest BCUT2D eigenvalue weighted by Crippen LogP contribution is -2.22. The SMILES string of the molecule is COc1cc(Cc2nccc(Oc3ccc(NC(=O)Nc4cc(C(C)(C)C)cc(NS(C)(=O)=O)c4OC)c4ccccc34)n2)ccc1C(=O)O. The van der Waals surface area contributed by atoms with Gasteiger partial charge in [-0.1, -0.05) is 51.1 Å². The number of sulfonamides is 1. The maximum atomic E-state index is 13.4. The molecule has 0 unspecified atom stereocenters. The van der Waals surface area contributed by atoms with Crippen molar-refractivity contribution in [2.45, 2.75) is 32.6 Å². The van der Waals surface area contributed by atoms with E-state index in [-0.39, 0.29) is 39.7 Å². The van der Waals surface area contributed by atoms with Crippen molar-refractivity contribution in [3.05, 3.63) is 102 Å². The number of hydrogen-bond acceptors (Lipinski definition) is 9. The van der Waals surface area contributed by atoms with Crippen LogP contribution in [0.25, 0.3) is 10.8 Å². The fourth-order valence-corrected chi connectivity index (χ4v) is 5.79. The number of carbonyl (C=O) groups excluding carboxylic acids is 1. The molecule has 0 aliphatic heterocycles. The standard InChI is InChI=1S/C36H37N5O8S/c1-36(2,3)22-19-27(33(48-5)28(20-22)41-50(6,45)46)39-35(44)38-26-13-14-29(24-10-8-7-9-23(24)26)49-32-15-16-37-31(40-32)18-21-11-12-25(34(42)43)30(17-21)47-4/h7-17,19-20,41H,18H2,1-6H3,(H,42,43)(H2,38,39,44). The van der Waals surface area contributed by atoms with E-state index in [2.05, 4.69) is 25.3 Å². The van der Waals surface area contributed by atoms with E-state index in [0.717, 1.165) is 17.4 Å². The first-order valence-corrected chi connectivity index (χ1v) is 17.2. The zero-order chi connectivity index (χ0) is 36.2. The molecule has 13 nitrogen and oxygen atoms in total. The van der Waals surface area contributed by atoms with Crippen LogP contribution in [-0.4, -0.2) is 56.0 Å². The van der Waals surface area contributed by atoms with Crippen LogP contribution in [0, 0.1) is 0 Å². The topological polar surface area (TPSA) is 178 Å². The van der Waals surface area contributed by atoms with Gasteiger partial charge in [0.05, 0.1) is 37.5 Å². The number of aromatic carboxylic acids is 1. The number of amides is 2. The molecule has 1 heterocycles. The maximum Gasteiger partial charge on any atom is 0.339 e. The zero-order valence-corrected chi connectivity index (χ0v) is 29.1. The summed E-state index contributed by atoms with van der Waals surface area (Å²) in [5, 5.41) is 16.5. The van der Waals surface area contributed by atoms with Crippen LogP contribution in [0.15, 0.2) is 79.0 Å². The summed E-state index contributed by atoms with van der Waals surface area (Å²) >= 11 is 0. The number of carbonyl (C=O) groups is 2. The van der Waals surface area contributed by atoms with Gasteiger partial charge in [-0.3, -0.25) is 4.72 Å². The summed E-state index contributed by atoms with van der Waals surface area (Å²) < 4.78 is 43.7. The third-order valence-corrected chi connectivity index (χ3v) is 8.18. The number of carboxylic acid groups (broad SMARTS) is 1. The minimum absolute atomic E-state index is 0.0575. The molecule has 5 rings (SSSR count). The Hall–Kier alpha value is -5.89. The number of aromatic nitrogens is 2. The number of benzene rings is 4. The number of hydrogen-bond donors (Lipinski definition) is 4. The van der Waals surface area contributed by atoms with E-state index in [1.165, 1.54) is 20.3 Å². The first-order chi connectivity index (χ1) is 23.6. The molecule has 2 amide bonds. The summed E-state index contributed by atoms with van der Waals surface area (Å²) in [6.45, 7) is 5.92. The molecular weight excluding hydrogens is 662 g/mol. The van der Waals surface area contributed by atoms with Gasteiger partial charge in [0, 0.05) is 29.5 Å². The minimum Gasteiger partial charge on any atom is -0.496 e. The van der Waals surface area contributed by atoms with Crippen LogP contribution in [0.5, 0.6) is 23.1 Å². The van der Waals surface area contributed by atoms with Gasteiger partial charge in [-0.25, -0.2) is 23.0 Å². The number of nitrogens with zero attached hydrogens (tertiary/aromatic N) is 2. The van der Waals surface area contributed by atoms with E-state index in [1.54, 1.807) is 48.7 Å². The van der Waals surface area contributed by atoms with Gasteiger partial charge in [0.25, 0.3) is 0 Å². The van der Waals surface area contributed by atoms with Gasteiger partial charge < -0.3 is 30.0 Å². The molecule has 0 saturated heterocycles. The Bertz CT molecular complexity index is 2200. The highest BCUT2D eigenvalue weighted by atomic mass is 32.2. The number of rotatable bonds is 11. The van der Waals surface area contributed by atoms with Crippen molar-refractivity contribution in [2.24, 2.45) is 0 Å². The van der Waals surface area contributed by atoms with Crippen molar-refractivity contribution in [1.82, 2.24) is 9.97 Å². The summed E-state index contributed by atoms with van der Waals surface area (Å²) in [7, 11) is -0.836. The average Bonchev–Trinajstić information content (AvgIpc) is 3.04. The van der Waals surface area contributed by atoms with E-state index < -0.39 is 22.0 Å². The number of urea groups is 1. The van der Waals surface area contributed by atoms with Crippen LogP contribution >= 0.6 is 0 Å². The van der Waals surface area contributed by atoms with E-state index in [4.69, 9.17) is 14.2 Å². The molecule has 0 radical (unpaired) electrons. The monoisotopic (exact) mass is 699 g/mol. The second-order valence-corrected chi connectivity index (χ2v) is 14.1. The van der Waals surface area contributed by atoms with E-state index in [0.29, 0.717) is 34.5 Å². The van der Waals surface area contributed by atoms with Gasteiger partial charge in [0.15, 0.2) is 5.75 Å². The highest BCUT2D eigenvalue weighted by molar-refractivity contribution is 7.92. The highest BCUT2D eigenvalue weighted by Gasteiger charge is 2.23. The van der Waals surface area contributed by atoms with Crippen LogP contribution in [0.1, 0.15) is 48.1 Å². The Balaban J connectivity index is 1.39. The van der Waals surface area contributed by atoms with Gasteiger partial charge in [-0.05, 0) is 52.9 Å². The van der Waals surface area contributed by atoms with Crippen LogP contribution < -0.4 is 29.6 Å². The Morgan fingerprint density at radius 1 is 0.840 bits per heavy atom. The molecule has 14 heteroatoms. The lowest BCUT2D eigenvalue weighted by atomic mass is 9.86. The Labute approximate surface area is 289 Å². The number of anilines is 3. The van der Waals surface area contributed by atoms with Crippen molar-refractivity contribution < 1.29 is 37.3 Å². The van der Waals surface area contributed by atoms with E-state index >= 15 is 0 Å². The molecule has 0 saturated carbocycles. The molecule has 0 atom stereocenters. The third-order valence-electron chi connectivity index (χ3n) is 7.59. The molecule has 4 aromatic carbocycles. The van der Waals surface area contributed by atoms with E-state index in [1.807, 2.05) is 45.0 Å². The second kappa shape index (κ2) is 14.3. The van der Waals surface area contributed by atoms with E-state index in [9.17, 15) is 23.1 Å². The second-order valence-electron chi connectivity index (χ2n) is 12.4.